The predicted molar refractivity (Wildman–Crippen MR) is 89.8 cm³/mol. The zero-order valence-electron chi connectivity index (χ0n) is 14.9. The second kappa shape index (κ2) is 6.98. The van der Waals surface area contributed by atoms with Crippen molar-refractivity contribution < 1.29 is 18.8 Å². The van der Waals surface area contributed by atoms with E-state index in [4.69, 9.17) is 9.16 Å². The molecule has 1 unspecified atom stereocenters. The summed E-state index contributed by atoms with van der Waals surface area (Å²) < 4.78 is 10.6. The van der Waals surface area contributed by atoms with Gasteiger partial charge in [0.05, 0.1) is 18.9 Å². The molecule has 0 N–H and O–H groups in total. The van der Waals surface area contributed by atoms with Gasteiger partial charge in [0.2, 0.25) is 0 Å². The molecule has 0 saturated heterocycles. The zero-order chi connectivity index (χ0) is 17.1. The van der Waals surface area contributed by atoms with E-state index in [0.29, 0.717) is 0 Å². The van der Waals surface area contributed by atoms with Crippen molar-refractivity contribution in [1.82, 2.24) is 0 Å². The van der Waals surface area contributed by atoms with Crippen molar-refractivity contribution >= 4 is 20.3 Å². The second-order valence-corrected chi connectivity index (χ2v) is 12.5. The van der Waals surface area contributed by atoms with Crippen LogP contribution in [0, 0.1) is 17.8 Å². The summed E-state index contributed by atoms with van der Waals surface area (Å²) in [5, 5.41) is 0.0146. The van der Waals surface area contributed by atoms with E-state index in [-0.39, 0.29) is 34.7 Å². The van der Waals surface area contributed by atoms with Gasteiger partial charge in [0.1, 0.15) is 0 Å². The molecule has 0 spiro atoms. The smallest absolute Gasteiger partial charge is 0.312 e. The fourth-order valence-corrected chi connectivity index (χ4v) is 3.27. The quantitative estimate of drug-likeness (QED) is 0.446. The van der Waals surface area contributed by atoms with E-state index in [1.54, 1.807) is 0 Å². The maximum absolute atomic E-state index is 12.5. The van der Waals surface area contributed by atoms with Crippen molar-refractivity contribution in [2.75, 3.05) is 7.11 Å². The van der Waals surface area contributed by atoms with Crippen molar-refractivity contribution in [1.29, 1.82) is 0 Å². The molecule has 4 nitrogen and oxygen atoms in total. The van der Waals surface area contributed by atoms with Gasteiger partial charge in [-0.3, -0.25) is 9.59 Å². The summed E-state index contributed by atoms with van der Waals surface area (Å²) in [4.78, 5) is 24.0. The highest BCUT2D eigenvalue weighted by Gasteiger charge is 2.42. The first kappa shape index (κ1) is 18.9. The Bertz CT molecular complexity index is 448. The normalized spacial score (nSPS) is 23.8. The van der Waals surface area contributed by atoms with Crippen LogP contribution in [0.3, 0.4) is 0 Å². The summed E-state index contributed by atoms with van der Waals surface area (Å²) in [5.74, 6) is -0.532. The molecule has 1 aliphatic carbocycles. The minimum atomic E-state index is -2.08. The first-order chi connectivity index (χ1) is 9.99. The molecule has 5 heteroatoms. The van der Waals surface area contributed by atoms with Crippen LogP contribution in [0.15, 0.2) is 12.2 Å². The molecule has 0 saturated carbocycles. The number of carbonyl (C=O) groups is 2. The number of methoxy groups -OCH3 is 1. The first-order valence-electron chi connectivity index (χ1n) is 7.98. The summed E-state index contributed by atoms with van der Waals surface area (Å²) in [6.45, 7) is 12.5. The van der Waals surface area contributed by atoms with Crippen LogP contribution in [0.25, 0.3) is 0 Å². The van der Waals surface area contributed by atoms with Crippen LogP contribution in [-0.2, 0) is 18.8 Å². The maximum Gasteiger partial charge on any atom is 0.312 e. The molecule has 1 rings (SSSR count). The first-order valence-corrected chi connectivity index (χ1v) is 10.9. The van der Waals surface area contributed by atoms with E-state index >= 15 is 0 Å². The third-order valence-corrected chi connectivity index (χ3v) is 9.41. The van der Waals surface area contributed by atoms with E-state index < -0.39 is 8.32 Å². The van der Waals surface area contributed by atoms with Gasteiger partial charge in [0.25, 0.3) is 14.3 Å². The van der Waals surface area contributed by atoms with Crippen LogP contribution < -0.4 is 0 Å². The Hall–Kier alpha value is -1.10. The molecule has 0 amide bonds. The molecule has 0 aromatic rings. The Morgan fingerprint density at radius 2 is 1.77 bits per heavy atom. The van der Waals surface area contributed by atoms with Crippen LogP contribution >= 0.6 is 0 Å². The topological polar surface area (TPSA) is 52.6 Å². The lowest BCUT2D eigenvalue weighted by Gasteiger charge is -2.37. The molecular weight excluding hydrogens is 296 g/mol. The predicted octanol–water partition coefficient (Wildman–Crippen LogP) is 3.93. The van der Waals surface area contributed by atoms with E-state index in [1.807, 2.05) is 19.1 Å². The summed E-state index contributed by atoms with van der Waals surface area (Å²) in [6, 6.07) is 0. The van der Waals surface area contributed by atoms with Crippen LogP contribution in [0.2, 0.25) is 18.1 Å². The molecule has 0 aliphatic heterocycles. The molecule has 0 fully saturated rings. The molecule has 0 radical (unpaired) electrons. The Balaban J connectivity index is 2.68. The number of rotatable bonds is 4. The number of hydrogen-bond donors (Lipinski definition) is 0. The van der Waals surface area contributed by atoms with Gasteiger partial charge >= 0.3 is 5.97 Å². The van der Waals surface area contributed by atoms with Gasteiger partial charge in [-0.1, -0.05) is 39.8 Å². The summed E-state index contributed by atoms with van der Waals surface area (Å²) >= 11 is 0. The fraction of sp³-hybridized carbons (Fsp3) is 0.765. The molecule has 0 heterocycles. The van der Waals surface area contributed by atoms with E-state index in [1.165, 1.54) is 7.11 Å². The minimum absolute atomic E-state index is 0.0146. The van der Waals surface area contributed by atoms with Gasteiger partial charge < -0.3 is 9.16 Å². The van der Waals surface area contributed by atoms with Gasteiger partial charge in [-0.15, -0.1) is 0 Å². The van der Waals surface area contributed by atoms with Crippen molar-refractivity contribution in [2.45, 2.75) is 58.7 Å². The van der Waals surface area contributed by atoms with Crippen LogP contribution in [0.1, 0.15) is 40.5 Å². The van der Waals surface area contributed by atoms with Gasteiger partial charge in [-0.2, -0.15) is 0 Å². The minimum Gasteiger partial charge on any atom is -0.519 e. The standard InChI is InChI=1S/C17H30O4Si/c1-12(15(18)21-22(6,7)17(2,3)4)13-8-10-14(11-9-13)16(19)20-5/h8,10,12-14H,9,11H2,1-7H3/t12?,13-,14-/m0/s1. The largest absolute Gasteiger partial charge is 0.519 e. The van der Waals surface area contributed by atoms with Crippen LogP contribution in [0.4, 0.5) is 0 Å². The number of hydrogen-bond acceptors (Lipinski definition) is 4. The van der Waals surface area contributed by atoms with Crippen molar-refractivity contribution in [3.63, 3.8) is 0 Å². The molecular formula is C17H30O4Si. The molecule has 3 atom stereocenters. The van der Waals surface area contributed by atoms with Gasteiger partial charge in [0, 0.05) is 0 Å². The fourth-order valence-electron chi connectivity index (χ4n) is 2.28. The number of ether oxygens (including phenoxy) is 1. The molecule has 0 aromatic heterocycles. The summed E-state index contributed by atoms with van der Waals surface area (Å²) in [7, 11) is -0.675. The lowest BCUT2D eigenvalue weighted by molar-refractivity contribution is -0.144. The molecule has 0 aromatic carbocycles. The number of esters is 1. The van der Waals surface area contributed by atoms with Gasteiger partial charge in [-0.25, -0.2) is 0 Å². The Kier molecular flexibility index (Phi) is 6.01. The third kappa shape index (κ3) is 4.45. The van der Waals surface area contributed by atoms with E-state index in [9.17, 15) is 9.59 Å². The van der Waals surface area contributed by atoms with Crippen molar-refractivity contribution in [3.8, 4) is 0 Å². The van der Waals surface area contributed by atoms with E-state index in [0.717, 1.165) is 12.8 Å². The highest BCUT2D eigenvalue weighted by atomic mass is 28.4. The summed E-state index contributed by atoms with van der Waals surface area (Å²) in [6.07, 6.45) is 5.38. The Morgan fingerprint density at radius 1 is 1.18 bits per heavy atom. The molecule has 0 bridgehead atoms. The molecule has 126 valence electrons. The average Bonchev–Trinajstić information content (AvgIpc) is 2.44. The Labute approximate surface area is 135 Å². The van der Waals surface area contributed by atoms with Gasteiger partial charge in [0.15, 0.2) is 0 Å². The molecule has 1 aliphatic rings. The zero-order valence-corrected chi connectivity index (χ0v) is 15.9. The third-order valence-electron chi connectivity index (χ3n) is 5.08. The Morgan fingerprint density at radius 3 is 2.18 bits per heavy atom. The highest BCUT2D eigenvalue weighted by Crippen LogP contribution is 2.38. The lowest BCUT2D eigenvalue weighted by Crippen LogP contribution is -2.44. The van der Waals surface area contributed by atoms with Crippen LogP contribution in [-0.4, -0.2) is 27.4 Å². The maximum atomic E-state index is 12.5. The molecule has 22 heavy (non-hydrogen) atoms. The second-order valence-electron chi connectivity index (χ2n) is 7.73. The van der Waals surface area contributed by atoms with E-state index in [2.05, 4.69) is 33.9 Å². The summed E-state index contributed by atoms with van der Waals surface area (Å²) in [5.41, 5.74) is 0. The SMILES string of the molecule is COC(=O)[C@H]1C=C[C@H](C(C)C(=O)O[Si](C)(C)C(C)(C)C)CC1. The number of carbonyl (C=O) groups excluding carboxylic acids is 2. The highest BCUT2D eigenvalue weighted by molar-refractivity contribution is 6.75. The number of allylic oxidation sites excluding steroid dienone is 1. The van der Waals surface area contributed by atoms with Crippen LogP contribution in [0.5, 0.6) is 0 Å². The average molecular weight is 327 g/mol. The lowest BCUT2D eigenvalue weighted by atomic mass is 9.82. The van der Waals surface area contributed by atoms with Crippen molar-refractivity contribution in [2.24, 2.45) is 17.8 Å². The monoisotopic (exact) mass is 326 g/mol. The van der Waals surface area contributed by atoms with Gasteiger partial charge in [-0.05, 0) is 36.9 Å². The van der Waals surface area contributed by atoms with Crippen molar-refractivity contribution in [3.05, 3.63) is 12.2 Å².